The number of amides is 2. The highest BCUT2D eigenvalue weighted by Crippen LogP contribution is 2.11. The van der Waals surface area contributed by atoms with Crippen LogP contribution in [0.2, 0.25) is 0 Å². The van der Waals surface area contributed by atoms with Crippen molar-refractivity contribution in [2.24, 2.45) is 0 Å². The first-order chi connectivity index (χ1) is 7.89. The summed E-state index contributed by atoms with van der Waals surface area (Å²) in [4.78, 5) is 24.4. The number of hydrogen-bond acceptors (Lipinski definition) is 3. The van der Waals surface area contributed by atoms with Gasteiger partial charge in [0, 0.05) is 35.4 Å². The quantitative estimate of drug-likeness (QED) is 0.750. The van der Waals surface area contributed by atoms with Gasteiger partial charge in [0.1, 0.15) is 5.54 Å². The second-order valence-corrected chi connectivity index (χ2v) is 5.95. The van der Waals surface area contributed by atoms with Gasteiger partial charge in [-0.3, -0.25) is 4.21 Å². The van der Waals surface area contributed by atoms with Crippen LogP contribution in [0.15, 0.2) is 0 Å². The molecule has 0 aliphatic carbocycles. The Morgan fingerprint density at radius 2 is 1.94 bits per heavy atom. The lowest BCUT2D eigenvalue weighted by atomic mass is 10.00. The van der Waals surface area contributed by atoms with Gasteiger partial charge < -0.3 is 15.3 Å². The Labute approximate surface area is 103 Å². The molecule has 0 radical (unpaired) electrons. The van der Waals surface area contributed by atoms with Crippen molar-refractivity contribution in [1.29, 1.82) is 0 Å². The molecule has 0 aromatic rings. The number of carboxylic acid groups (broad SMARTS) is 1. The van der Waals surface area contributed by atoms with Crippen LogP contribution in [0.25, 0.3) is 0 Å². The summed E-state index contributed by atoms with van der Waals surface area (Å²) in [6.45, 7) is 4.02. The average Bonchev–Trinajstić information content (AvgIpc) is 2.29. The minimum absolute atomic E-state index is 0.313. The molecule has 0 aromatic carbocycles. The number of carbonyl (C=O) groups is 2. The van der Waals surface area contributed by atoms with E-state index in [4.69, 9.17) is 5.11 Å². The maximum atomic E-state index is 11.8. The molecule has 0 spiro atoms. The Hall–Kier alpha value is -1.11. The number of carbonyl (C=O) groups excluding carboxylic acids is 1. The van der Waals surface area contributed by atoms with Gasteiger partial charge in [-0.05, 0) is 13.3 Å². The average molecular weight is 262 g/mol. The summed E-state index contributed by atoms with van der Waals surface area (Å²) < 4.78 is 11.1. The molecule has 0 bridgehead atoms. The van der Waals surface area contributed by atoms with Crippen molar-refractivity contribution in [3.8, 4) is 0 Å². The Morgan fingerprint density at radius 3 is 2.35 bits per heavy atom. The summed E-state index contributed by atoms with van der Waals surface area (Å²) in [5, 5.41) is 11.6. The maximum Gasteiger partial charge on any atom is 0.329 e. The zero-order valence-electron chi connectivity index (χ0n) is 10.1. The second kappa shape index (κ2) is 5.48. The Balaban J connectivity index is 2.59. The summed E-state index contributed by atoms with van der Waals surface area (Å²) in [5.41, 5.74) is -1.24. The number of nitrogens with zero attached hydrogens (tertiary/aromatic N) is 1. The summed E-state index contributed by atoms with van der Waals surface area (Å²) in [6.07, 6.45) is 0.313. The number of aliphatic carboxylic acids is 1. The molecule has 1 unspecified atom stereocenters. The van der Waals surface area contributed by atoms with Crippen molar-refractivity contribution in [3.05, 3.63) is 0 Å². The predicted molar refractivity (Wildman–Crippen MR) is 64.3 cm³/mol. The standard InChI is InChI=1S/C10H18N2O4S/c1-3-10(2,8(13)14)11-9(15)12-4-6-17(16)7-5-12/h3-7H2,1-2H3,(H,11,15)(H,13,14). The molecular formula is C10H18N2O4S. The van der Waals surface area contributed by atoms with Gasteiger partial charge in [-0.25, -0.2) is 9.59 Å². The molecule has 0 aromatic heterocycles. The SMILES string of the molecule is CCC(C)(NC(=O)N1CCS(=O)CC1)C(=O)O. The van der Waals surface area contributed by atoms with E-state index < -0.39 is 28.3 Å². The van der Waals surface area contributed by atoms with Crippen molar-refractivity contribution < 1.29 is 18.9 Å². The van der Waals surface area contributed by atoms with Crippen LogP contribution in [0, 0.1) is 0 Å². The fourth-order valence-corrected chi connectivity index (χ4v) is 2.50. The van der Waals surface area contributed by atoms with Crippen LogP contribution in [0.3, 0.4) is 0 Å². The predicted octanol–water partition coefficient (Wildman–Crippen LogP) is 0.0136. The van der Waals surface area contributed by atoms with E-state index in [-0.39, 0.29) is 0 Å². The first kappa shape index (κ1) is 14.0. The summed E-state index contributed by atoms with van der Waals surface area (Å²) >= 11 is 0. The van der Waals surface area contributed by atoms with E-state index in [0.29, 0.717) is 31.0 Å². The van der Waals surface area contributed by atoms with Crippen LogP contribution in [0.4, 0.5) is 4.79 Å². The first-order valence-electron chi connectivity index (χ1n) is 5.54. The first-order valence-corrected chi connectivity index (χ1v) is 7.03. The molecular weight excluding hydrogens is 244 g/mol. The van der Waals surface area contributed by atoms with Gasteiger partial charge in [-0.2, -0.15) is 0 Å². The van der Waals surface area contributed by atoms with Crippen LogP contribution in [0.1, 0.15) is 20.3 Å². The molecule has 1 saturated heterocycles. The number of hydrogen-bond donors (Lipinski definition) is 2. The number of nitrogens with one attached hydrogen (secondary N) is 1. The molecule has 1 aliphatic rings. The molecule has 7 heteroatoms. The fourth-order valence-electron chi connectivity index (χ4n) is 1.45. The van der Waals surface area contributed by atoms with E-state index in [0.717, 1.165) is 0 Å². The van der Waals surface area contributed by atoms with Crippen molar-refractivity contribution in [3.63, 3.8) is 0 Å². The molecule has 0 saturated carbocycles. The zero-order valence-corrected chi connectivity index (χ0v) is 10.9. The molecule has 1 atom stereocenters. The van der Waals surface area contributed by atoms with Gasteiger partial charge in [-0.15, -0.1) is 0 Å². The van der Waals surface area contributed by atoms with Gasteiger partial charge in [0.25, 0.3) is 0 Å². The van der Waals surface area contributed by atoms with E-state index in [9.17, 15) is 13.8 Å². The van der Waals surface area contributed by atoms with Gasteiger partial charge >= 0.3 is 12.0 Å². The fraction of sp³-hybridized carbons (Fsp3) is 0.800. The summed E-state index contributed by atoms with van der Waals surface area (Å²) in [7, 11) is -0.849. The molecule has 1 aliphatic heterocycles. The molecule has 2 N–H and O–H groups in total. The molecule has 1 rings (SSSR count). The van der Waals surface area contributed by atoms with Gasteiger partial charge in [-0.1, -0.05) is 6.92 Å². The topological polar surface area (TPSA) is 86.7 Å². The van der Waals surface area contributed by atoms with Gasteiger partial charge in [0.2, 0.25) is 0 Å². The Kier molecular flexibility index (Phi) is 4.50. The zero-order chi connectivity index (χ0) is 13.1. The van der Waals surface area contributed by atoms with E-state index in [2.05, 4.69) is 5.32 Å². The summed E-state index contributed by atoms with van der Waals surface area (Å²) in [6, 6.07) is -0.395. The highest BCUT2D eigenvalue weighted by molar-refractivity contribution is 7.85. The van der Waals surface area contributed by atoms with Crippen molar-refractivity contribution in [1.82, 2.24) is 10.2 Å². The monoisotopic (exact) mass is 262 g/mol. The third-order valence-corrected chi connectivity index (χ3v) is 4.30. The highest BCUT2D eigenvalue weighted by Gasteiger charge is 2.34. The van der Waals surface area contributed by atoms with Crippen molar-refractivity contribution in [2.45, 2.75) is 25.8 Å². The lowest BCUT2D eigenvalue weighted by Crippen LogP contribution is -2.57. The highest BCUT2D eigenvalue weighted by atomic mass is 32.2. The number of carboxylic acids is 1. The molecule has 2 amide bonds. The molecule has 1 fully saturated rings. The lowest BCUT2D eigenvalue weighted by molar-refractivity contribution is -0.143. The molecule has 1 heterocycles. The maximum absolute atomic E-state index is 11.8. The van der Waals surface area contributed by atoms with Gasteiger partial charge in [0.05, 0.1) is 0 Å². The van der Waals surface area contributed by atoms with Crippen LogP contribution in [0.5, 0.6) is 0 Å². The third-order valence-electron chi connectivity index (χ3n) is 3.03. The van der Waals surface area contributed by atoms with Gasteiger partial charge in [0.15, 0.2) is 0 Å². The van der Waals surface area contributed by atoms with Crippen molar-refractivity contribution >= 4 is 22.8 Å². The number of rotatable bonds is 3. The Bertz CT molecular complexity index is 337. The molecule has 17 heavy (non-hydrogen) atoms. The normalized spacial score (nSPS) is 20.7. The van der Waals surface area contributed by atoms with E-state index in [1.165, 1.54) is 11.8 Å². The lowest BCUT2D eigenvalue weighted by Gasteiger charge is -2.31. The molecule has 98 valence electrons. The third kappa shape index (κ3) is 3.42. The van der Waals surface area contributed by atoms with E-state index in [1.54, 1.807) is 6.92 Å². The minimum atomic E-state index is -1.24. The van der Waals surface area contributed by atoms with Crippen LogP contribution >= 0.6 is 0 Å². The summed E-state index contributed by atoms with van der Waals surface area (Å²) in [5.74, 6) is -0.124. The van der Waals surface area contributed by atoms with Crippen LogP contribution < -0.4 is 5.32 Å². The Morgan fingerprint density at radius 1 is 1.41 bits per heavy atom. The largest absolute Gasteiger partial charge is 0.480 e. The second-order valence-electron chi connectivity index (χ2n) is 4.26. The van der Waals surface area contributed by atoms with E-state index >= 15 is 0 Å². The minimum Gasteiger partial charge on any atom is -0.480 e. The van der Waals surface area contributed by atoms with E-state index in [1.807, 2.05) is 0 Å². The van der Waals surface area contributed by atoms with Crippen molar-refractivity contribution in [2.75, 3.05) is 24.6 Å². The number of urea groups is 1. The smallest absolute Gasteiger partial charge is 0.329 e. The van der Waals surface area contributed by atoms with Crippen LogP contribution in [-0.4, -0.2) is 56.3 Å². The molecule has 6 nitrogen and oxygen atoms in total. The van der Waals surface area contributed by atoms with Crippen LogP contribution in [-0.2, 0) is 15.6 Å².